The smallest absolute Gasteiger partial charge is 0.0471 e. The Balaban J connectivity index is 1.91. The molecule has 1 aliphatic heterocycles. The summed E-state index contributed by atoms with van der Waals surface area (Å²) in [6.07, 6.45) is 3.26. The number of aliphatic hydroxyl groups is 1. The molecule has 0 aromatic heterocycles. The van der Waals surface area contributed by atoms with Crippen molar-refractivity contribution in [2.24, 2.45) is 5.92 Å². The second kappa shape index (κ2) is 5.29. The molecule has 0 spiro atoms. The van der Waals surface area contributed by atoms with E-state index >= 15 is 0 Å². The minimum atomic E-state index is 0.242. The van der Waals surface area contributed by atoms with E-state index in [4.69, 9.17) is 5.11 Å². The Morgan fingerprint density at radius 1 is 1.20 bits per heavy atom. The number of aliphatic hydroxyl groups excluding tert-OH is 1. The van der Waals surface area contributed by atoms with Crippen molar-refractivity contribution < 1.29 is 5.11 Å². The minimum absolute atomic E-state index is 0.242. The number of nitrogens with one attached hydrogen (secondary N) is 1. The summed E-state index contributed by atoms with van der Waals surface area (Å²) in [6.45, 7) is 2.58. The average Bonchev–Trinajstić information content (AvgIpc) is 2.74. The first-order valence-electron chi connectivity index (χ1n) is 5.78. The van der Waals surface area contributed by atoms with Crippen molar-refractivity contribution in [2.75, 3.05) is 19.7 Å². The fourth-order valence-electron chi connectivity index (χ4n) is 2.19. The summed E-state index contributed by atoms with van der Waals surface area (Å²) in [6, 6.07) is 8.66. The molecule has 0 bridgehead atoms. The summed E-state index contributed by atoms with van der Waals surface area (Å²) in [7, 11) is 0. The zero-order chi connectivity index (χ0) is 10.5. The minimum Gasteiger partial charge on any atom is -0.396 e. The molecule has 1 fully saturated rings. The Kier molecular flexibility index (Phi) is 3.75. The van der Waals surface area contributed by atoms with E-state index in [1.54, 1.807) is 0 Å². The highest BCUT2D eigenvalue weighted by atomic mass is 16.2. The Bertz CT molecular complexity index is 288. The largest absolute Gasteiger partial charge is 0.396 e. The average molecular weight is 205 g/mol. The summed E-state index contributed by atoms with van der Waals surface area (Å²) < 4.78 is 0. The van der Waals surface area contributed by atoms with Crippen LogP contribution in [0.15, 0.2) is 24.3 Å². The van der Waals surface area contributed by atoms with Crippen LogP contribution in [0.2, 0.25) is 0 Å². The van der Waals surface area contributed by atoms with Crippen LogP contribution >= 0.6 is 0 Å². The molecule has 1 aliphatic rings. The van der Waals surface area contributed by atoms with Crippen LogP contribution in [0.25, 0.3) is 0 Å². The molecule has 1 saturated heterocycles. The Morgan fingerprint density at radius 2 is 1.93 bits per heavy atom. The molecule has 0 radical (unpaired) electrons. The third-order valence-corrected chi connectivity index (χ3v) is 3.11. The summed E-state index contributed by atoms with van der Waals surface area (Å²) in [5, 5.41) is 12.2. The first-order chi connectivity index (χ1) is 7.38. The van der Waals surface area contributed by atoms with Gasteiger partial charge < -0.3 is 10.4 Å². The van der Waals surface area contributed by atoms with E-state index in [0.717, 1.165) is 12.3 Å². The zero-order valence-corrected chi connectivity index (χ0v) is 9.08. The SMILES string of the molecule is OCCc1ccc(CC2CCNC2)cc1. The number of benzene rings is 1. The van der Waals surface area contributed by atoms with E-state index in [-0.39, 0.29) is 6.61 Å². The predicted molar refractivity (Wildman–Crippen MR) is 61.9 cm³/mol. The fourth-order valence-corrected chi connectivity index (χ4v) is 2.19. The lowest BCUT2D eigenvalue weighted by atomic mass is 9.97. The van der Waals surface area contributed by atoms with Crippen LogP contribution in [0.5, 0.6) is 0 Å². The maximum atomic E-state index is 8.81. The van der Waals surface area contributed by atoms with Crippen LogP contribution in [-0.4, -0.2) is 24.8 Å². The van der Waals surface area contributed by atoms with E-state index in [1.807, 2.05) is 0 Å². The first-order valence-corrected chi connectivity index (χ1v) is 5.78. The van der Waals surface area contributed by atoms with Gasteiger partial charge >= 0.3 is 0 Å². The van der Waals surface area contributed by atoms with Crippen LogP contribution in [0.3, 0.4) is 0 Å². The van der Waals surface area contributed by atoms with Gasteiger partial charge in [0.25, 0.3) is 0 Å². The standard InChI is InChI=1S/C13H19NO/c15-8-6-11-1-3-12(4-2-11)9-13-5-7-14-10-13/h1-4,13-15H,5-10H2. The maximum Gasteiger partial charge on any atom is 0.0471 e. The Morgan fingerprint density at radius 3 is 2.53 bits per heavy atom. The molecule has 2 rings (SSSR count). The summed E-state index contributed by atoms with van der Waals surface area (Å²) in [5.74, 6) is 0.814. The molecule has 1 atom stereocenters. The van der Waals surface area contributed by atoms with Gasteiger partial charge in [0.1, 0.15) is 0 Å². The monoisotopic (exact) mass is 205 g/mol. The topological polar surface area (TPSA) is 32.3 Å². The predicted octanol–water partition coefficient (Wildman–Crippen LogP) is 1.37. The molecule has 1 aromatic rings. The van der Waals surface area contributed by atoms with Gasteiger partial charge in [-0.3, -0.25) is 0 Å². The van der Waals surface area contributed by atoms with Gasteiger partial charge in [0.05, 0.1) is 0 Å². The van der Waals surface area contributed by atoms with Crippen molar-refractivity contribution in [1.82, 2.24) is 5.32 Å². The molecule has 1 aromatic carbocycles. The highest BCUT2D eigenvalue weighted by Gasteiger charge is 2.14. The van der Waals surface area contributed by atoms with Crippen molar-refractivity contribution in [3.63, 3.8) is 0 Å². The van der Waals surface area contributed by atoms with Gasteiger partial charge in [-0.15, -0.1) is 0 Å². The van der Waals surface area contributed by atoms with Gasteiger partial charge in [-0.05, 0) is 49.4 Å². The Hall–Kier alpha value is -0.860. The third kappa shape index (κ3) is 3.05. The van der Waals surface area contributed by atoms with E-state index in [1.165, 1.54) is 37.1 Å². The van der Waals surface area contributed by atoms with Gasteiger partial charge in [-0.25, -0.2) is 0 Å². The van der Waals surface area contributed by atoms with Gasteiger partial charge in [0, 0.05) is 6.61 Å². The molecule has 0 amide bonds. The van der Waals surface area contributed by atoms with E-state index in [0.29, 0.717) is 0 Å². The van der Waals surface area contributed by atoms with Crippen LogP contribution in [-0.2, 0) is 12.8 Å². The summed E-state index contributed by atoms with van der Waals surface area (Å²) in [5.41, 5.74) is 2.65. The molecule has 82 valence electrons. The maximum absolute atomic E-state index is 8.81. The molecule has 2 nitrogen and oxygen atoms in total. The zero-order valence-electron chi connectivity index (χ0n) is 9.08. The first kappa shape index (κ1) is 10.7. The van der Waals surface area contributed by atoms with Crippen molar-refractivity contribution in [1.29, 1.82) is 0 Å². The molecular formula is C13H19NO. The quantitative estimate of drug-likeness (QED) is 0.778. The lowest BCUT2D eigenvalue weighted by molar-refractivity contribution is 0.299. The van der Waals surface area contributed by atoms with Gasteiger partial charge in [-0.1, -0.05) is 24.3 Å². The Labute approximate surface area is 91.3 Å². The van der Waals surface area contributed by atoms with E-state index in [2.05, 4.69) is 29.6 Å². The number of rotatable bonds is 4. The normalized spacial score (nSPS) is 20.7. The van der Waals surface area contributed by atoms with Crippen LogP contribution in [0.4, 0.5) is 0 Å². The molecule has 0 saturated carbocycles. The van der Waals surface area contributed by atoms with Gasteiger partial charge in [0.15, 0.2) is 0 Å². The molecular weight excluding hydrogens is 186 g/mol. The van der Waals surface area contributed by atoms with Crippen molar-refractivity contribution in [3.8, 4) is 0 Å². The van der Waals surface area contributed by atoms with Crippen molar-refractivity contribution in [3.05, 3.63) is 35.4 Å². The number of hydrogen-bond acceptors (Lipinski definition) is 2. The third-order valence-electron chi connectivity index (χ3n) is 3.11. The van der Waals surface area contributed by atoms with E-state index < -0.39 is 0 Å². The second-order valence-corrected chi connectivity index (χ2v) is 4.35. The van der Waals surface area contributed by atoms with Crippen molar-refractivity contribution in [2.45, 2.75) is 19.3 Å². The highest BCUT2D eigenvalue weighted by Crippen LogP contribution is 2.15. The molecule has 1 unspecified atom stereocenters. The molecule has 2 heteroatoms. The lowest BCUT2D eigenvalue weighted by Crippen LogP contribution is -2.10. The molecule has 0 aliphatic carbocycles. The number of hydrogen-bond donors (Lipinski definition) is 2. The lowest BCUT2D eigenvalue weighted by Gasteiger charge is -2.08. The van der Waals surface area contributed by atoms with Crippen LogP contribution in [0.1, 0.15) is 17.5 Å². The van der Waals surface area contributed by atoms with Crippen LogP contribution < -0.4 is 5.32 Å². The van der Waals surface area contributed by atoms with Gasteiger partial charge in [-0.2, -0.15) is 0 Å². The highest BCUT2D eigenvalue weighted by molar-refractivity contribution is 5.23. The van der Waals surface area contributed by atoms with Crippen LogP contribution in [0, 0.1) is 5.92 Å². The molecule has 1 heterocycles. The molecule has 2 N–H and O–H groups in total. The van der Waals surface area contributed by atoms with Crippen molar-refractivity contribution >= 4 is 0 Å². The molecule has 15 heavy (non-hydrogen) atoms. The second-order valence-electron chi connectivity index (χ2n) is 4.35. The summed E-state index contributed by atoms with van der Waals surface area (Å²) in [4.78, 5) is 0. The summed E-state index contributed by atoms with van der Waals surface area (Å²) >= 11 is 0. The van der Waals surface area contributed by atoms with E-state index in [9.17, 15) is 0 Å². The fraction of sp³-hybridized carbons (Fsp3) is 0.538. The van der Waals surface area contributed by atoms with Gasteiger partial charge in [0.2, 0.25) is 0 Å².